The Morgan fingerprint density at radius 1 is 1.05 bits per heavy atom. The van der Waals surface area contributed by atoms with Gasteiger partial charge in [0, 0.05) is 12.1 Å². The summed E-state index contributed by atoms with van der Waals surface area (Å²) in [4.78, 5) is -0.155. The molecule has 0 bridgehead atoms. The smallest absolute Gasteiger partial charge is 0.182 e. The minimum absolute atomic E-state index is 0.0777. The third kappa shape index (κ3) is 3.30. The maximum absolute atomic E-state index is 13.8. The molecule has 0 amide bonds. The van der Waals surface area contributed by atoms with Crippen LogP contribution in [-0.4, -0.2) is 11.5 Å². The highest BCUT2D eigenvalue weighted by molar-refractivity contribution is 7.80. The molecule has 0 atom stereocenters. The van der Waals surface area contributed by atoms with E-state index < -0.39 is 11.6 Å². The zero-order valence-corrected chi connectivity index (χ0v) is 11.5. The first-order valence-corrected chi connectivity index (χ1v) is 6.56. The van der Waals surface area contributed by atoms with Gasteiger partial charge in [0.2, 0.25) is 0 Å². The topological polar surface area (TPSA) is 38.0 Å². The molecular weight excluding hydrogens is 278 g/mol. The van der Waals surface area contributed by atoms with E-state index >= 15 is 0 Å². The van der Waals surface area contributed by atoms with Gasteiger partial charge in [0.05, 0.1) is 5.69 Å². The molecule has 0 aliphatic rings. The average Bonchev–Trinajstić information content (AvgIpc) is 2.44. The van der Waals surface area contributed by atoms with E-state index in [1.54, 1.807) is 0 Å². The van der Waals surface area contributed by atoms with Crippen LogP contribution >= 0.6 is 12.2 Å². The van der Waals surface area contributed by atoms with Crippen molar-refractivity contribution in [1.29, 1.82) is 0 Å². The summed E-state index contributed by atoms with van der Waals surface area (Å²) in [7, 11) is 0. The number of halogens is 2. The highest BCUT2D eigenvalue weighted by Gasteiger charge is 2.14. The summed E-state index contributed by atoms with van der Waals surface area (Å²) in [6.07, 6.45) is 0.721. The van der Waals surface area contributed by atoms with Crippen molar-refractivity contribution in [3.8, 4) is 0 Å². The predicted molar refractivity (Wildman–Crippen MR) is 80.9 cm³/mol. The summed E-state index contributed by atoms with van der Waals surface area (Å²) in [5, 5.41) is 2.87. The van der Waals surface area contributed by atoms with E-state index in [0.29, 0.717) is 6.54 Å². The minimum atomic E-state index is -1.01. The van der Waals surface area contributed by atoms with Crippen LogP contribution in [0.15, 0.2) is 42.5 Å². The van der Waals surface area contributed by atoms with Gasteiger partial charge in [-0.1, -0.05) is 42.5 Å². The first-order chi connectivity index (χ1) is 9.59. The van der Waals surface area contributed by atoms with Gasteiger partial charge in [-0.25, -0.2) is 8.78 Å². The summed E-state index contributed by atoms with van der Waals surface area (Å²) >= 11 is 4.65. The Labute approximate surface area is 121 Å². The molecule has 0 saturated heterocycles. The lowest BCUT2D eigenvalue weighted by molar-refractivity contribution is 0.509. The van der Waals surface area contributed by atoms with E-state index in [9.17, 15) is 8.78 Å². The average molecular weight is 292 g/mol. The first-order valence-electron chi connectivity index (χ1n) is 6.15. The summed E-state index contributed by atoms with van der Waals surface area (Å²) in [5.41, 5.74) is 6.47. The van der Waals surface area contributed by atoms with Gasteiger partial charge in [-0.15, -0.1) is 0 Å². The summed E-state index contributed by atoms with van der Waals surface area (Å²) in [6, 6.07) is 12.6. The number of hydrogen-bond donors (Lipinski definition) is 2. The van der Waals surface area contributed by atoms with Gasteiger partial charge >= 0.3 is 0 Å². The Hall–Kier alpha value is -2.01. The van der Waals surface area contributed by atoms with Crippen molar-refractivity contribution in [3.05, 3.63) is 65.2 Å². The molecule has 2 rings (SSSR count). The van der Waals surface area contributed by atoms with Crippen LogP contribution in [0.25, 0.3) is 0 Å². The number of thiocarbonyl (C=S) groups is 1. The lowest BCUT2D eigenvalue weighted by Crippen LogP contribution is -2.14. The molecule has 0 aliphatic heterocycles. The number of rotatable bonds is 5. The molecule has 3 N–H and O–H groups in total. The maximum Gasteiger partial charge on any atom is 0.182 e. The fraction of sp³-hybridized carbons (Fsp3) is 0.133. The molecule has 0 spiro atoms. The predicted octanol–water partition coefficient (Wildman–Crippen LogP) is 3.25. The standard InChI is InChI=1S/C15H14F2N2S/c16-13-11(15(18)20)6-7-12(14(13)17)19-9-8-10-4-2-1-3-5-10/h1-7,19H,8-9H2,(H2,18,20). The van der Waals surface area contributed by atoms with E-state index in [2.05, 4.69) is 17.5 Å². The molecule has 0 radical (unpaired) electrons. The van der Waals surface area contributed by atoms with Crippen molar-refractivity contribution in [3.63, 3.8) is 0 Å². The fourth-order valence-electron chi connectivity index (χ4n) is 1.86. The van der Waals surface area contributed by atoms with Gasteiger partial charge in [0.25, 0.3) is 0 Å². The van der Waals surface area contributed by atoms with Crippen molar-refractivity contribution in [2.45, 2.75) is 6.42 Å². The fourth-order valence-corrected chi connectivity index (χ4v) is 2.02. The molecule has 0 heterocycles. The lowest BCUT2D eigenvalue weighted by atomic mass is 10.1. The molecule has 0 unspecified atom stereocenters. The summed E-state index contributed by atoms with van der Waals surface area (Å²) < 4.78 is 27.5. The Morgan fingerprint density at radius 3 is 2.40 bits per heavy atom. The molecule has 2 aromatic rings. The molecular formula is C15H14F2N2S. The van der Waals surface area contributed by atoms with Crippen LogP contribution in [0.1, 0.15) is 11.1 Å². The van der Waals surface area contributed by atoms with Crippen LogP contribution in [0.5, 0.6) is 0 Å². The van der Waals surface area contributed by atoms with Gasteiger partial charge in [0.15, 0.2) is 11.6 Å². The van der Waals surface area contributed by atoms with Gasteiger partial charge in [-0.05, 0) is 24.1 Å². The SMILES string of the molecule is NC(=S)c1ccc(NCCc2ccccc2)c(F)c1F. The maximum atomic E-state index is 13.8. The molecule has 5 heteroatoms. The minimum Gasteiger partial charge on any atom is -0.389 e. The van der Waals surface area contributed by atoms with Crippen molar-refractivity contribution in [1.82, 2.24) is 0 Å². The molecule has 2 nitrogen and oxygen atoms in total. The van der Waals surface area contributed by atoms with Gasteiger partial charge in [0.1, 0.15) is 4.99 Å². The quantitative estimate of drug-likeness (QED) is 0.831. The molecule has 0 aromatic heterocycles. The van der Waals surface area contributed by atoms with Crippen LogP contribution in [0.4, 0.5) is 14.5 Å². The van der Waals surface area contributed by atoms with Crippen molar-refractivity contribution < 1.29 is 8.78 Å². The molecule has 20 heavy (non-hydrogen) atoms. The van der Waals surface area contributed by atoms with Crippen molar-refractivity contribution in [2.75, 3.05) is 11.9 Å². The van der Waals surface area contributed by atoms with Crippen molar-refractivity contribution >= 4 is 22.9 Å². The summed E-state index contributed by atoms with van der Waals surface area (Å²) in [6.45, 7) is 0.507. The van der Waals surface area contributed by atoms with E-state index in [-0.39, 0.29) is 16.2 Å². The molecule has 0 fully saturated rings. The molecule has 0 aliphatic carbocycles. The van der Waals surface area contributed by atoms with Crippen LogP contribution < -0.4 is 11.1 Å². The van der Waals surface area contributed by atoms with Gasteiger partial charge < -0.3 is 11.1 Å². The Bertz CT molecular complexity index is 615. The van der Waals surface area contributed by atoms with Gasteiger partial charge in [-0.2, -0.15) is 0 Å². The van der Waals surface area contributed by atoms with E-state index in [4.69, 9.17) is 5.73 Å². The van der Waals surface area contributed by atoms with Gasteiger partial charge in [-0.3, -0.25) is 0 Å². The second-order valence-corrected chi connectivity index (χ2v) is 4.76. The number of benzene rings is 2. The monoisotopic (exact) mass is 292 g/mol. The van der Waals surface area contributed by atoms with E-state index in [1.165, 1.54) is 12.1 Å². The number of nitrogens with two attached hydrogens (primary N) is 1. The Balaban J connectivity index is 2.04. The summed E-state index contributed by atoms with van der Waals surface area (Å²) in [5.74, 6) is -1.97. The van der Waals surface area contributed by atoms with Crippen LogP contribution in [0.3, 0.4) is 0 Å². The lowest BCUT2D eigenvalue weighted by Gasteiger charge is -2.10. The third-order valence-electron chi connectivity index (χ3n) is 2.92. The van der Waals surface area contributed by atoms with Crippen LogP contribution in [0.2, 0.25) is 0 Å². The Morgan fingerprint density at radius 2 is 1.75 bits per heavy atom. The second kappa shape index (κ2) is 6.43. The largest absolute Gasteiger partial charge is 0.389 e. The number of anilines is 1. The normalized spacial score (nSPS) is 10.3. The zero-order chi connectivity index (χ0) is 14.5. The number of hydrogen-bond acceptors (Lipinski definition) is 2. The second-order valence-electron chi connectivity index (χ2n) is 4.32. The van der Waals surface area contributed by atoms with Crippen LogP contribution in [0, 0.1) is 11.6 Å². The van der Waals surface area contributed by atoms with Crippen molar-refractivity contribution in [2.24, 2.45) is 5.73 Å². The van der Waals surface area contributed by atoms with E-state index in [1.807, 2.05) is 30.3 Å². The molecule has 2 aromatic carbocycles. The highest BCUT2D eigenvalue weighted by Crippen LogP contribution is 2.20. The Kier molecular flexibility index (Phi) is 4.63. The molecule has 104 valence electrons. The highest BCUT2D eigenvalue weighted by atomic mass is 32.1. The zero-order valence-electron chi connectivity index (χ0n) is 10.7. The first kappa shape index (κ1) is 14.4. The van der Waals surface area contributed by atoms with Crippen LogP contribution in [-0.2, 0) is 6.42 Å². The van der Waals surface area contributed by atoms with E-state index in [0.717, 1.165) is 12.0 Å². The number of nitrogens with one attached hydrogen (secondary N) is 1. The third-order valence-corrected chi connectivity index (χ3v) is 3.14. The molecule has 0 saturated carbocycles.